The molecule has 2 atom stereocenters. The summed E-state index contributed by atoms with van der Waals surface area (Å²) in [5.41, 5.74) is 6.77. The van der Waals surface area contributed by atoms with Gasteiger partial charge in [0.2, 0.25) is 0 Å². The molecule has 1 aliphatic carbocycles. The lowest BCUT2D eigenvalue weighted by atomic mass is 10.2. The molecule has 3 nitrogen and oxygen atoms in total. The van der Waals surface area contributed by atoms with Crippen LogP contribution in [0.2, 0.25) is 0 Å². The Labute approximate surface area is 71.6 Å². The molecule has 12 heavy (non-hydrogen) atoms. The number of aromatic nitrogens is 1. The Morgan fingerprint density at radius 3 is 3.00 bits per heavy atom. The molecule has 0 bridgehead atoms. The fourth-order valence-electron chi connectivity index (χ4n) is 1.31. The molecule has 1 heterocycles. The van der Waals surface area contributed by atoms with Crippen molar-refractivity contribution in [3.8, 4) is 5.75 Å². The predicted molar refractivity (Wildman–Crippen MR) is 46.1 cm³/mol. The quantitative estimate of drug-likeness (QED) is 0.706. The molecule has 1 fully saturated rings. The zero-order valence-electron chi connectivity index (χ0n) is 7.03. The second kappa shape index (κ2) is 2.75. The lowest BCUT2D eigenvalue weighted by molar-refractivity contribution is 0.413. The number of methoxy groups -OCH3 is 1. The Morgan fingerprint density at radius 1 is 1.67 bits per heavy atom. The average molecular weight is 164 g/mol. The van der Waals surface area contributed by atoms with Gasteiger partial charge in [-0.3, -0.25) is 4.98 Å². The van der Waals surface area contributed by atoms with E-state index in [9.17, 15) is 0 Å². The van der Waals surface area contributed by atoms with Gasteiger partial charge in [-0.05, 0) is 12.5 Å². The van der Waals surface area contributed by atoms with Gasteiger partial charge in [-0.1, -0.05) is 0 Å². The van der Waals surface area contributed by atoms with Crippen molar-refractivity contribution in [3.63, 3.8) is 0 Å². The summed E-state index contributed by atoms with van der Waals surface area (Å²) in [6.07, 6.45) is 2.82. The molecule has 1 aromatic heterocycles. The van der Waals surface area contributed by atoms with Gasteiger partial charge in [0.05, 0.1) is 7.11 Å². The van der Waals surface area contributed by atoms with Gasteiger partial charge in [0.1, 0.15) is 5.75 Å². The van der Waals surface area contributed by atoms with E-state index >= 15 is 0 Å². The summed E-state index contributed by atoms with van der Waals surface area (Å²) in [6, 6.07) is 4.11. The normalized spacial score (nSPS) is 26.8. The maximum absolute atomic E-state index is 5.71. The molecule has 2 N–H and O–H groups in total. The minimum atomic E-state index is 0.310. The summed E-state index contributed by atoms with van der Waals surface area (Å²) in [5.74, 6) is 1.32. The van der Waals surface area contributed by atoms with E-state index < -0.39 is 0 Å². The molecule has 0 saturated heterocycles. The molecule has 1 saturated carbocycles. The molecule has 3 heteroatoms. The van der Waals surface area contributed by atoms with E-state index in [-0.39, 0.29) is 0 Å². The van der Waals surface area contributed by atoms with E-state index in [0.29, 0.717) is 12.0 Å². The molecule has 1 aromatic rings. The summed E-state index contributed by atoms with van der Waals surface area (Å²) in [5, 5.41) is 0. The number of hydrogen-bond donors (Lipinski definition) is 1. The molecule has 0 spiro atoms. The highest BCUT2D eigenvalue weighted by Crippen LogP contribution is 2.38. The van der Waals surface area contributed by atoms with Gasteiger partial charge < -0.3 is 10.5 Å². The van der Waals surface area contributed by atoms with E-state index in [0.717, 1.165) is 17.9 Å². The number of nitrogens with zero attached hydrogens (tertiary/aromatic N) is 1. The zero-order valence-corrected chi connectivity index (χ0v) is 7.03. The fraction of sp³-hybridized carbons (Fsp3) is 0.444. The third-order valence-corrected chi connectivity index (χ3v) is 2.21. The Balaban J connectivity index is 2.21. The second-order valence-electron chi connectivity index (χ2n) is 3.13. The van der Waals surface area contributed by atoms with Crippen molar-refractivity contribution in [1.29, 1.82) is 0 Å². The number of nitrogens with two attached hydrogens (primary N) is 1. The van der Waals surface area contributed by atoms with E-state index in [1.54, 1.807) is 13.3 Å². The van der Waals surface area contributed by atoms with Gasteiger partial charge in [0, 0.05) is 29.9 Å². The van der Waals surface area contributed by atoms with E-state index in [1.807, 2.05) is 12.1 Å². The summed E-state index contributed by atoms with van der Waals surface area (Å²) in [4.78, 5) is 4.24. The molecule has 1 aliphatic rings. The van der Waals surface area contributed by atoms with Gasteiger partial charge in [-0.25, -0.2) is 0 Å². The fourth-order valence-corrected chi connectivity index (χ4v) is 1.31. The van der Waals surface area contributed by atoms with Crippen molar-refractivity contribution in [3.05, 3.63) is 24.0 Å². The van der Waals surface area contributed by atoms with E-state index in [4.69, 9.17) is 10.5 Å². The van der Waals surface area contributed by atoms with Crippen molar-refractivity contribution >= 4 is 0 Å². The first-order valence-corrected chi connectivity index (χ1v) is 4.07. The van der Waals surface area contributed by atoms with Crippen LogP contribution >= 0.6 is 0 Å². The van der Waals surface area contributed by atoms with Crippen molar-refractivity contribution < 1.29 is 4.74 Å². The van der Waals surface area contributed by atoms with Crippen molar-refractivity contribution in [1.82, 2.24) is 4.98 Å². The zero-order chi connectivity index (χ0) is 8.55. The first-order valence-electron chi connectivity index (χ1n) is 4.07. The summed E-state index contributed by atoms with van der Waals surface area (Å²) in [7, 11) is 1.66. The van der Waals surface area contributed by atoms with E-state index in [1.165, 1.54) is 0 Å². The second-order valence-corrected chi connectivity index (χ2v) is 3.13. The Morgan fingerprint density at radius 2 is 2.42 bits per heavy atom. The van der Waals surface area contributed by atoms with Crippen LogP contribution in [0.25, 0.3) is 0 Å². The molecule has 2 rings (SSSR count). The number of hydrogen-bond acceptors (Lipinski definition) is 3. The number of rotatable bonds is 2. The molecular weight excluding hydrogens is 152 g/mol. The first kappa shape index (κ1) is 7.55. The topological polar surface area (TPSA) is 48.1 Å². The van der Waals surface area contributed by atoms with Crippen LogP contribution in [-0.2, 0) is 0 Å². The number of ether oxygens (including phenoxy) is 1. The summed E-state index contributed by atoms with van der Waals surface area (Å²) in [6.45, 7) is 0. The molecular formula is C9H12N2O. The van der Waals surface area contributed by atoms with Crippen LogP contribution in [0.15, 0.2) is 18.3 Å². The van der Waals surface area contributed by atoms with Crippen LogP contribution < -0.4 is 10.5 Å². The highest BCUT2D eigenvalue weighted by atomic mass is 16.5. The summed E-state index contributed by atoms with van der Waals surface area (Å²) < 4.78 is 5.09. The smallest absolute Gasteiger partial charge is 0.122 e. The summed E-state index contributed by atoms with van der Waals surface area (Å²) >= 11 is 0. The van der Waals surface area contributed by atoms with Crippen molar-refractivity contribution in [2.24, 2.45) is 5.73 Å². The van der Waals surface area contributed by atoms with Gasteiger partial charge in [-0.15, -0.1) is 0 Å². The van der Waals surface area contributed by atoms with Gasteiger partial charge in [0.25, 0.3) is 0 Å². The lowest BCUT2D eigenvalue weighted by Gasteiger charge is -2.01. The van der Waals surface area contributed by atoms with Crippen LogP contribution in [0.4, 0.5) is 0 Å². The van der Waals surface area contributed by atoms with Crippen LogP contribution in [0.1, 0.15) is 18.0 Å². The molecule has 64 valence electrons. The van der Waals surface area contributed by atoms with E-state index in [2.05, 4.69) is 4.98 Å². The maximum atomic E-state index is 5.71. The van der Waals surface area contributed by atoms with Crippen LogP contribution in [-0.4, -0.2) is 18.1 Å². The maximum Gasteiger partial charge on any atom is 0.122 e. The Bertz CT molecular complexity index is 288. The average Bonchev–Trinajstić information content (AvgIpc) is 2.83. The standard InChI is InChI=1S/C9H12N2O/c1-12-6-2-3-11-9(4-6)7-5-8(7)10/h2-4,7-8H,5,10H2,1H3/t7-,8-/m1/s1. The predicted octanol–water partition coefficient (Wildman–Crippen LogP) is 0.905. The number of pyridine rings is 1. The molecule has 0 radical (unpaired) electrons. The third kappa shape index (κ3) is 1.28. The minimum Gasteiger partial charge on any atom is -0.497 e. The highest BCUT2D eigenvalue weighted by Gasteiger charge is 2.36. The van der Waals surface area contributed by atoms with Crippen LogP contribution in [0.5, 0.6) is 5.75 Å². The SMILES string of the molecule is COc1ccnc([C@@H]2C[C@H]2N)c1. The largest absolute Gasteiger partial charge is 0.497 e. The van der Waals surface area contributed by atoms with Gasteiger partial charge in [0.15, 0.2) is 0 Å². The first-order chi connectivity index (χ1) is 5.81. The molecule has 0 amide bonds. The van der Waals surface area contributed by atoms with Gasteiger partial charge in [-0.2, -0.15) is 0 Å². The molecule has 0 aromatic carbocycles. The van der Waals surface area contributed by atoms with Crippen molar-refractivity contribution in [2.75, 3.05) is 7.11 Å². The Kier molecular flexibility index (Phi) is 1.73. The minimum absolute atomic E-state index is 0.310. The van der Waals surface area contributed by atoms with Crippen LogP contribution in [0.3, 0.4) is 0 Å². The third-order valence-electron chi connectivity index (χ3n) is 2.21. The van der Waals surface area contributed by atoms with Gasteiger partial charge >= 0.3 is 0 Å². The molecule has 0 unspecified atom stereocenters. The van der Waals surface area contributed by atoms with Crippen LogP contribution in [0, 0.1) is 0 Å². The van der Waals surface area contributed by atoms with Crippen molar-refractivity contribution in [2.45, 2.75) is 18.4 Å². The lowest BCUT2D eigenvalue weighted by Crippen LogP contribution is -2.02. The Hall–Kier alpha value is -1.09. The highest BCUT2D eigenvalue weighted by molar-refractivity contribution is 5.28. The monoisotopic (exact) mass is 164 g/mol. The molecule has 0 aliphatic heterocycles.